The van der Waals surface area contributed by atoms with Crippen molar-refractivity contribution in [3.8, 4) is 11.1 Å². The van der Waals surface area contributed by atoms with Crippen LogP contribution < -0.4 is 5.73 Å². The van der Waals surface area contributed by atoms with E-state index in [0.29, 0.717) is 5.92 Å². The van der Waals surface area contributed by atoms with Crippen LogP contribution in [0.3, 0.4) is 0 Å². The molecular formula is C13H17N3. The molecule has 0 aliphatic rings. The second-order valence-electron chi connectivity index (χ2n) is 4.40. The van der Waals surface area contributed by atoms with Crippen LogP contribution in [0.15, 0.2) is 30.6 Å². The van der Waals surface area contributed by atoms with Gasteiger partial charge < -0.3 is 5.73 Å². The molecule has 0 unspecified atom stereocenters. The molecule has 0 atom stereocenters. The van der Waals surface area contributed by atoms with Gasteiger partial charge in [-0.05, 0) is 23.1 Å². The van der Waals surface area contributed by atoms with E-state index >= 15 is 0 Å². The molecule has 2 N–H and O–H groups in total. The molecule has 1 heterocycles. The zero-order chi connectivity index (χ0) is 11.7. The van der Waals surface area contributed by atoms with Crippen LogP contribution in [0.25, 0.3) is 11.1 Å². The molecule has 0 spiro atoms. The standard InChI is InChI=1S/C13H17N3/c1-9(2)12-5-4-10(6-13(12)14)11-7-15-16(3)8-11/h4-9H,14H2,1-3H3. The first-order chi connectivity index (χ1) is 7.58. The van der Waals surface area contributed by atoms with Gasteiger partial charge in [0.1, 0.15) is 0 Å². The molecule has 0 radical (unpaired) electrons. The third kappa shape index (κ3) is 1.94. The molecule has 2 aromatic rings. The van der Waals surface area contributed by atoms with Crippen molar-refractivity contribution in [1.82, 2.24) is 9.78 Å². The molecule has 0 saturated heterocycles. The highest BCUT2D eigenvalue weighted by Crippen LogP contribution is 2.27. The summed E-state index contributed by atoms with van der Waals surface area (Å²) in [6, 6.07) is 6.22. The second kappa shape index (κ2) is 4.00. The summed E-state index contributed by atoms with van der Waals surface area (Å²) in [6.07, 6.45) is 3.84. The molecule has 0 aliphatic carbocycles. The van der Waals surface area contributed by atoms with Gasteiger partial charge in [0, 0.05) is 24.5 Å². The Kier molecular flexibility index (Phi) is 2.69. The third-order valence-corrected chi connectivity index (χ3v) is 2.75. The van der Waals surface area contributed by atoms with Gasteiger partial charge in [0.15, 0.2) is 0 Å². The number of benzene rings is 1. The topological polar surface area (TPSA) is 43.8 Å². The molecule has 0 saturated carbocycles. The Morgan fingerprint density at radius 2 is 2.00 bits per heavy atom. The Morgan fingerprint density at radius 3 is 2.50 bits per heavy atom. The molecule has 0 amide bonds. The number of aryl methyl sites for hydroxylation is 1. The molecule has 3 heteroatoms. The Balaban J connectivity index is 2.42. The van der Waals surface area contributed by atoms with Crippen LogP contribution >= 0.6 is 0 Å². The lowest BCUT2D eigenvalue weighted by Crippen LogP contribution is -1.96. The lowest BCUT2D eigenvalue weighted by molar-refractivity contribution is 0.768. The SMILES string of the molecule is CC(C)c1ccc(-c2cnn(C)c2)cc1N. The van der Waals surface area contributed by atoms with Gasteiger partial charge in [0.2, 0.25) is 0 Å². The lowest BCUT2D eigenvalue weighted by atomic mass is 9.98. The predicted molar refractivity (Wildman–Crippen MR) is 67.1 cm³/mol. The van der Waals surface area contributed by atoms with Crippen molar-refractivity contribution in [2.45, 2.75) is 19.8 Å². The summed E-state index contributed by atoms with van der Waals surface area (Å²) in [5.41, 5.74) is 10.3. The predicted octanol–water partition coefficient (Wildman–Crippen LogP) is 2.79. The Hall–Kier alpha value is -1.77. The Bertz CT molecular complexity index is 498. The summed E-state index contributed by atoms with van der Waals surface area (Å²) in [5.74, 6) is 0.461. The first kappa shape index (κ1) is 10.7. The van der Waals surface area contributed by atoms with Crippen molar-refractivity contribution < 1.29 is 0 Å². The number of nitrogens with two attached hydrogens (primary N) is 1. The van der Waals surface area contributed by atoms with Crippen molar-refractivity contribution in [2.24, 2.45) is 7.05 Å². The quantitative estimate of drug-likeness (QED) is 0.783. The summed E-state index contributed by atoms with van der Waals surface area (Å²) in [7, 11) is 1.91. The summed E-state index contributed by atoms with van der Waals surface area (Å²) < 4.78 is 1.79. The molecule has 0 fully saturated rings. The van der Waals surface area contributed by atoms with E-state index in [1.165, 1.54) is 5.56 Å². The third-order valence-electron chi connectivity index (χ3n) is 2.75. The van der Waals surface area contributed by atoms with Gasteiger partial charge in [-0.25, -0.2) is 0 Å². The Morgan fingerprint density at radius 1 is 1.25 bits per heavy atom. The number of rotatable bonds is 2. The first-order valence-corrected chi connectivity index (χ1v) is 5.46. The van der Waals surface area contributed by atoms with Crippen LogP contribution in [0.4, 0.5) is 5.69 Å². The van der Waals surface area contributed by atoms with E-state index in [-0.39, 0.29) is 0 Å². The average Bonchev–Trinajstić information content (AvgIpc) is 2.64. The molecule has 1 aromatic carbocycles. The molecule has 84 valence electrons. The smallest absolute Gasteiger partial charge is 0.0568 e. The fraction of sp³-hybridized carbons (Fsp3) is 0.308. The normalized spacial score (nSPS) is 11.0. The minimum absolute atomic E-state index is 0.461. The largest absolute Gasteiger partial charge is 0.398 e. The van der Waals surface area contributed by atoms with Gasteiger partial charge >= 0.3 is 0 Å². The lowest BCUT2D eigenvalue weighted by Gasteiger charge is -2.10. The monoisotopic (exact) mass is 215 g/mol. The number of hydrogen-bond donors (Lipinski definition) is 1. The van der Waals surface area contributed by atoms with E-state index in [1.807, 2.05) is 25.5 Å². The van der Waals surface area contributed by atoms with E-state index in [1.54, 1.807) is 4.68 Å². The zero-order valence-corrected chi connectivity index (χ0v) is 9.94. The highest BCUT2D eigenvalue weighted by Gasteiger charge is 2.06. The van der Waals surface area contributed by atoms with Gasteiger partial charge in [-0.3, -0.25) is 4.68 Å². The van der Waals surface area contributed by atoms with Crippen molar-refractivity contribution in [2.75, 3.05) is 5.73 Å². The van der Waals surface area contributed by atoms with Crippen LogP contribution in [0.2, 0.25) is 0 Å². The molecule has 0 aliphatic heterocycles. The molecule has 1 aromatic heterocycles. The van der Waals surface area contributed by atoms with Gasteiger partial charge in [0.05, 0.1) is 6.20 Å². The van der Waals surface area contributed by atoms with Crippen LogP contribution in [0.1, 0.15) is 25.3 Å². The Labute approximate surface area is 95.9 Å². The maximum Gasteiger partial charge on any atom is 0.0568 e. The number of anilines is 1. The number of nitrogen functional groups attached to an aromatic ring is 1. The highest BCUT2D eigenvalue weighted by molar-refractivity contribution is 5.68. The van der Waals surface area contributed by atoms with Crippen LogP contribution in [0, 0.1) is 0 Å². The van der Waals surface area contributed by atoms with Crippen molar-refractivity contribution in [3.05, 3.63) is 36.2 Å². The maximum absolute atomic E-state index is 6.04. The van der Waals surface area contributed by atoms with E-state index in [0.717, 1.165) is 16.8 Å². The minimum atomic E-state index is 0.461. The molecule has 0 bridgehead atoms. The molecule has 2 rings (SSSR count). The highest BCUT2D eigenvalue weighted by atomic mass is 15.2. The van der Waals surface area contributed by atoms with Crippen molar-refractivity contribution in [1.29, 1.82) is 0 Å². The van der Waals surface area contributed by atoms with Crippen LogP contribution in [-0.4, -0.2) is 9.78 Å². The number of aromatic nitrogens is 2. The number of nitrogens with zero attached hydrogens (tertiary/aromatic N) is 2. The van der Waals surface area contributed by atoms with Gasteiger partial charge in [-0.1, -0.05) is 26.0 Å². The average molecular weight is 215 g/mol. The fourth-order valence-electron chi connectivity index (χ4n) is 1.85. The van der Waals surface area contributed by atoms with Crippen molar-refractivity contribution in [3.63, 3.8) is 0 Å². The molecular weight excluding hydrogens is 198 g/mol. The number of hydrogen-bond acceptors (Lipinski definition) is 2. The maximum atomic E-state index is 6.04. The van der Waals surface area contributed by atoms with E-state index in [4.69, 9.17) is 5.73 Å². The van der Waals surface area contributed by atoms with Crippen LogP contribution in [-0.2, 0) is 7.05 Å². The van der Waals surface area contributed by atoms with Gasteiger partial charge in [-0.2, -0.15) is 5.10 Å². The summed E-state index contributed by atoms with van der Waals surface area (Å²) in [6.45, 7) is 4.30. The van der Waals surface area contributed by atoms with Crippen LogP contribution in [0.5, 0.6) is 0 Å². The summed E-state index contributed by atoms with van der Waals surface area (Å²) in [4.78, 5) is 0. The zero-order valence-electron chi connectivity index (χ0n) is 9.94. The fourth-order valence-corrected chi connectivity index (χ4v) is 1.85. The molecule has 3 nitrogen and oxygen atoms in total. The van der Waals surface area contributed by atoms with Crippen molar-refractivity contribution >= 4 is 5.69 Å². The minimum Gasteiger partial charge on any atom is -0.398 e. The second-order valence-corrected chi connectivity index (χ2v) is 4.40. The van der Waals surface area contributed by atoms with Gasteiger partial charge in [0.25, 0.3) is 0 Å². The van der Waals surface area contributed by atoms with E-state index in [2.05, 4.69) is 31.1 Å². The summed E-state index contributed by atoms with van der Waals surface area (Å²) >= 11 is 0. The van der Waals surface area contributed by atoms with E-state index < -0.39 is 0 Å². The summed E-state index contributed by atoms with van der Waals surface area (Å²) in [5, 5.41) is 4.16. The van der Waals surface area contributed by atoms with E-state index in [9.17, 15) is 0 Å². The first-order valence-electron chi connectivity index (χ1n) is 5.46. The molecule has 16 heavy (non-hydrogen) atoms. The van der Waals surface area contributed by atoms with Gasteiger partial charge in [-0.15, -0.1) is 0 Å².